The number of hydrogen-bond acceptors (Lipinski definition) is 4. The molecule has 1 rings (SSSR count). The molecule has 0 aliphatic carbocycles. The second kappa shape index (κ2) is 3.85. The standard InChI is InChI=1S/C6H8O3S2/c1-5(9-11(7)8)6-2-3-10-4-6/h2-5,11H,1H3. The second-order valence-corrected chi connectivity index (χ2v) is 3.47. The van der Waals surface area contributed by atoms with Crippen LogP contribution in [0.15, 0.2) is 16.8 Å². The highest BCUT2D eigenvalue weighted by atomic mass is 32.2. The molecule has 0 aliphatic rings. The highest BCUT2D eigenvalue weighted by Crippen LogP contribution is 2.18. The van der Waals surface area contributed by atoms with Crippen LogP contribution in [-0.4, -0.2) is 8.42 Å². The lowest BCUT2D eigenvalue weighted by Gasteiger charge is -2.03. The molecular weight excluding hydrogens is 184 g/mol. The van der Waals surface area contributed by atoms with Crippen LogP contribution >= 0.6 is 11.3 Å². The van der Waals surface area contributed by atoms with Gasteiger partial charge in [0.2, 0.25) is 0 Å². The summed E-state index contributed by atoms with van der Waals surface area (Å²) in [6.45, 7) is 1.70. The van der Waals surface area contributed by atoms with Crippen LogP contribution in [0.5, 0.6) is 0 Å². The van der Waals surface area contributed by atoms with E-state index in [1.165, 1.54) is 11.3 Å². The Bertz CT molecular complexity index is 268. The molecule has 0 fully saturated rings. The van der Waals surface area contributed by atoms with E-state index >= 15 is 0 Å². The predicted octanol–water partition coefficient (Wildman–Crippen LogP) is 1.35. The minimum Gasteiger partial charge on any atom is -0.264 e. The Hall–Kier alpha value is -0.390. The minimum absolute atomic E-state index is 0.359. The smallest absolute Gasteiger partial charge is 0.257 e. The van der Waals surface area contributed by atoms with Crippen molar-refractivity contribution in [3.8, 4) is 0 Å². The van der Waals surface area contributed by atoms with Gasteiger partial charge in [0.05, 0.1) is 6.10 Å². The molecule has 11 heavy (non-hydrogen) atoms. The lowest BCUT2D eigenvalue weighted by atomic mass is 10.2. The summed E-state index contributed by atoms with van der Waals surface area (Å²) < 4.78 is 24.8. The van der Waals surface area contributed by atoms with Gasteiger partial charge in [0.25, 0.3) is 11.0 Å². The van der Waals surface area contributed by atoms with E-state index in [2.05, 4.69) is 4.18 Å². The molecule has 0 amide bonds. The first-order valence-electron chi connectivity index (χ1n) is 3.03. The topological polar surface area (TPSA) is 43.4 Å². The monoisotopic (exact) mass is 192 g/mol. The minimum atomic E-state index is -2.74. The average Bonchev–Trinajstić information content (AvgIpc) is 2.35. The maximum atomic E-state index is 10.1. The molecule has 1 unspecified atom stereocenters. The number of thiol groups is 1. The molecular formula is C6H8O3S2. The molecule has 1 aromatic heterocycles. The van der Waals surface area contributed by atoms with Gasteiger partial charge in [-0.05, 0) is 29.3 Å². The molecule has 5 heteroatoms. The summed E-state index contributed by atoms with van der Waals surface area (Å²) in [7, 11) is -2.74. The largest absolute Gasteiger partial charge is 0.264 e. The van der Waals surface area contributed by atoms with Crippen molar-refractivity contribution in [2.45, 2.75) is 13.0 Å². The zero-order chi connectivity index (χ0) is 8.27. The fourth-order valence-electron chi connectivity index (χ4n) is 0.696. The van der Waals surface area contributed by atoms with Gasteiger partial charge in [0.15, 0.2) is 0 Å². The van der Waals surface area contributed by atoms with Crippen LogP contribution < -0.4 is 0 Å². The fraction of sp³-hybridized carbons (Fsp3) is 0.333. The molecule has 0 saturated carbocycles. The third-order valence-corrected chi connectivity index (χ3v) is 2.45. The van der Waals surface area contributed by atoms with Crippen LogP contribution in [0.25, 0.3) is 0 Å². The molecule has 0 aliphatic heterocycles. The van der Waals surface area contributed by atoms with Gasteiger partial charge in [0.1, 0.15) is 0 Å². The molecule has 0 radical (unpaired) electrons. The number of rotatable bonds is 3. The molecule has 1 atom stereocenters. The molecule has 1 heterocycles. The van der Waals surface area contributed by atoms with Crippen molar-refractivity contribution in [3.05, 3.63) is 22.4 Å². The summed E-state index contributed by atoms with van der Waals surface area (Å²) >= 11 is 1.52. The van der Waals surface area contributed by atoms with Crippen molar-refractivity contribution in [2.24, 2.45) is 0 Å². The Kier molecular flexibility index (Phi) is 3.04. The Morgan fingerprint density at radius 3 is 2.82 bits per heavy atom. The summed E-state index contributed by atoms with van der Waals surface area (Å²) in [5.74, 6) is 0. The summed E-state index contributed by atoms with van der Waals surface area (Å²) in [6, 6.07) is 1.84. The third-order valence-electron chi connectivity index (χ3n) is 1.26. The van der Waals surface area contributed by atoms with Gasteiger partial charge in [0, 0.05) is 0 Å². The van der Waals surface area contributed by atoms with Gasteiger partial charge in [-0.15, -0.1) is 0 Å². The van der Waals surface area contributed by atoms with Crippen LogP contribution in [-0.2, 0) is 15.2 Å². The van der Waals surface area contributed by atoms with E-state index in [0.29, 0.717) is 0 Å². The van der Waals surface area contributed by atoms with E-state index < -0.39 is 11.0 Å². The lowest BCUT2D eigenvalue weighted by Crippen LogP contribution is -1.95. The Morgan fingerprint density at radius 2 is 2.36 bits per heavy atom. The van der Waals surface area contributed by atoms with E-state index in [4.69, 9.17) is 0 Å². The summed E-state index contributed by atoms with van der Waals surface area (Å²) in [5, 5.41) is 3.75. The van der Waals surface area contributed by atoms with Crippen LogP contribution in [0, 0.1) is 0 Å². The van der Waals surface area contributed by atoms with Gasteiger partial charge in [-0.25, -0.2) is 8.42 Å². The van der Waals surface area contributed by atoms with E-state index in [0.717, 1.165) is 5.56 Å². The normalized spacial score (nSPS) is 13.6. The number of thiophene rings is 1. The first-order chi connectivity index (χ1) is 5.20. The van der Waals surface area contributed by atoms with Gasteiger partial charge >= 0.3 is 0 Å². The molecule has 0 saturated heterocycles. The molecule has 0 N–H and O–H groups in total. The third kappa shape index (κ3) is 2.61. The van der Waals surface area contributed by atoms with Gasteiger partial charge < -0.3 is 0 Å². The van der Waals surface area contributed by atoms with Gasteiger partial charge in [-0.2, -0.15) is 11.3 Å². The first-order valence-corrected chi connectivity index (χ1v) is 5.07. The van der Waals surface area contributed by atoms with Crippen molar-refractivity contribution >= 4 is 22.3 Å². The zero-order valence-electron chi connectivity index (χ0n) is 5.89. The molecule has 3 nitrogen and oxygen atoms in total. The van der Waals surface area contributed by atoms with Crippen LogP contribution in [0.1, 0.15) is 18.6 Å². The van der Waals surface area contributed by atoms with E-state index in [9.17, 15) is 8.42 Å². The van der Waals surface area contributed by atoms with Crippen molar-refractivity contribution in [3.63, 3.8) is 0 Å². The maximum absolute atomic E-state index is 10.1. The molecule has 1 aromatic rings. The predicted molar refractivity (Wildman–Crippen MR) is 44.1 cm³/mol. The molecule has 0 spiro atoms. The Labute approximate surface area is 70.8 Å². The highest BCUT2D eigenvalue weighted by Gasteiger charge is 2.05. The van der Waals surface area contributed by atoms with E-state index in [-0.39, 0.29) is 6.10 Å². The van der Waals surface area contributed by atoms with Crippen molar-refractivity contribution in [1.82, 2.24) is 0 Å². The number of hydrogen-bond donors (Lipinski definition) is 1. The molecule has 0 aromatic carbocycles. The SMILES string of the molecule is CC(O[SH](=O)=O)c1ccsc1. The molecule has 0 bridgehead atoms. The summed E-state index contributed by atoms with van der Waals surface area (Å²) in [4.78, 5) is 0. The summed E-state index contributed by atoms with van der Waals surface area (Å²) in [6.07, 6.45) is -0.359. The lowest BCUT2D eigenvalue weighted by molar-refractivity contribution is 0.246. The Balaban J connectivity index is 2.63. The van der Waals surface area contributed by atoms with Crippen molar-refractivity contribution in [1.29, 1.82) is 0 Å². The fourth-order valence-corrected chi connectivity index (χ4v) is 1.82. The van der Waals surface area contributed by atoms with Crippen molar-refractivity contribution < 1.29 is 12.6 Å². The highest BCUT2D eigenvalue weighted by molar-refractivity contribution is 7.67. The second-order valence-electron chi connectivity index (χ2n) is 2.03. The maximum Gasteiger partial charge on any atom is 0.257 e. The molecule has 62 valence electrons. The average molecular weight is 192 g/mol. The van der Waals surface area contributed by atoms with Crippen LogP contribution in [0.4, 0.5) is 0 Å². The van der Waals surface area contributed by atoms with E-state index in [1.807, 2.05) is 16.8 Å². The van der Waals surface area contributed by atoms with Gasteiger partial charge in [-0.3, -0.25) is 4.18 Å². The van der Waals surface area contributed by atoms with E-state index in [1.54, 1.807) is 6.92 Å². The van der Waals surface area contributed by atoms with Crippen molar-refractivity contribution in [2.75, 3.05) is 0 Å². The van der Waals surface area contributed by atoms with Crippen LogP contribution in [0.3, 0.4) is 0 Å². The first kappa shape index (κ1) is 8.70. The zero-order valence-corrected chi connectivity index (χ0v) is 7.60. The summed E-state index contributed by atoms with van der Waals surface area (Å²) in [5.41, 5.74) is 0.897. The van der Waals surface area contributed by atoms with Gasteiger partial charge in [-0.1, -0.05) is 0 Å². The van der Waals surface area contributed by atoms with Crippen LogP contribution in [0.2, 0.25) is 0 Å². The quantitative estimate of drug-likeness (QED) is 0.735. The Morgan fingerprint density at radius 1 is 1.64 bits per heavy atom.